The van der Waals surface area contributed by atoms with Crippen molar-refractivity contribution in [1.29, 1.82) is 0 Å². The molecule has 2 nitrogen and oxygen atoms in total. The lowest BCUT2D eigenvalue weighted by molar-refractivity contribution is 0.280. The van der Waals surface area contributed by atoms with Crippen LogP contribution in [0.4, 0.5) is 0 Å². The van der Waals surface area contributed by atoms with Gasteiger partial charge in [0.2, 0.25) is 0 Å². The summed E-state index contributed by atoms with van der Waals surface area (Å²) in [5.74, 6) is 8.72. The van der Waals surface area contributed by atoms with Crippen molar-refractivity contribution in [3.8, 4) is 0 Å². The van der Waals surface area contributed by atoms with E-state index in [1.165, 1.54) is 48.8 Å². The molecule has 0 aromatic heterocycles. The zero-order valence-corrected chi connectivity index (χ0v) is 12.2. The number of rotatable bonds is 4. The molecule has 3 rings (SSSR count). The molecular weight excluding hydrogens is 232 g/mol. The van der Waals surface area contributed by atoms with Crippen LogP contribution >= 0.6 is 0 Å². The lowest BCUT2D eigenvalue weighted by atomic mass is 9.82. The van der Waals surface area contributed by atoms with Gasteiger partial charge >= 0.3 is 0 Å². The van der Waals surface area contributed by atoms with Gasteiger partial charge in [0.1, 0.15) is 0 Å². The predicted octanol–water partition coefficient (Wildman–Crippen LogP) is 3.63. The molecule has 104 valence electrons. The predicted molar refractivity (Wildman–Crippen MR) is 79.5 cm³/mol. The number of hydrazine groups is 1. The molecule has 0 saturated heterocycles. The molecular formula is C17H26N2. The second kappa shape index (κ2) is 5.26. The Labute approximate surface area is 116 Å². The summed E-state index contributed by atoms with van der Waals surface area (Å²) in [7, 11) is 0. The minimum atomic E-state index is 0.322. The van der Waals surface area contributed by atoms with Gasteiger partial charge < -0.3 is 0 Å². The second-order valence-electron chi connectivity index (χ2n) is 6.81. The standard InChI is InChI=1S/C17H26N2/c1-11-5-12(2)7-16(6-11)17(19-18)10-15-9-13-3-4-14(15)8-13/h5-7,13-15,17,19H,3-4,8-10,18H2,1-2H3. The van der Waals surface area contributed by atoms with E-state index in [0.29, 0.717) is 6.04 Å². The van der Waals surface area contributed by atoms with Crippen molar-refractivity contribution < 1.29 is 0 Å². The number of aryl methyl sites for hydroxylation is 2. The van der Waals surface area contributed by atoms with E-state index < -0.39 is 0 Å². The van der Waals surface area contributed by atoms with Crippen LogP contribution in [0.3, 0.4) is 0 Å². The topological polar surface area (TPSA) is 38.0 Å². The quantitative estimate of drug-likeness (QED) is 0.639. The lowest BCUT2D eigenvalue weighted by Crippen LogP contribution is -2.30. The highest BCUT2D eigenvalue weighted by atomic mass is 15.2. The van der Waals surface area contributed by atoms with Crippen molar-refractivity contribution in [2.45, 2.75) is 52.0 Å². The monoisotopic (exact) mass is 258 g/mol. The van der Waals surface area contributed by atoms with E-state index in [-0.39, 0.29) is 0 Å². The Morgan fingerprint density at radius 3 is 2.42 bits per heavy atom. The molecule has 4 atom stereocenters. The second-order valence-corrected chi connectivity index (χ2v) is 6.81. The molecule has 2 bridgehead atoms. The Morgan fingerprint density at radius 2 is 1.89 bits per heavy atom. The average molecular weight is 258 g/mol. The summed E-state index contributed by atoms with van der Waals surface area (Å²) in [5, 5.41) is 0. The van der Waals surface area contributed by atoms with Gasteiger partial charge in [-0.3, -0.25) is 11.3 Å². The molecule has 3 N–H and O–H groups in total. The number of hydrogen-bond donors (Lipinski definition) is 2. The Hall–Kier alpha value is -0.860. The summed E-state index contributed by atoms with van der Waals surface area (Å²) in [6.45, 7) is 4.34. The smallest absolute Gasteiger partial charge is 0.0462 e. The fraction of sp³-hybridized carbons (Fsp3) is 0.647. The fourth-order valence-corrected chi connectivity index (χ4v) is 4.48. The van der Waals surface area contributed by atoms with Crippen LogP contribution in [0.1, 0.15) is 54.8 Å². The minimum Gasteiger partial charge on any atom is -0.271 e. The van der Waals surface area contributed by atoms with Gasteiger partial charge in [-0.2, -0.15) is 0 Å². The molecule has 2 heteroatoms. The van der Waals surface area contributed by atoms with E-state index >= 15 is 0 Å². The van der Waals surface area contributed by atoms with Crippen molar-refractivity contribution in [2.75, 3.05) is 0 Å². The van der Waals surface area contributed by atoms with Gasteiger partial charge in [-0.05, 0) is 62.8 Å². The van der Waals surface area contributed by atoms with E-state index in [0.717, 1.165) is 17.8 Å². The molecule has 4 unspecified atom stereocenters. The summed E-state index contributed by atoms with van der Waals surface area (Å²) in [5.41, 5.74) is 7.10. The first kappa shape index (κ1) is 13.1. The highest BCUT2D eigenvalue weighted by molar-refractivity contribution is 5.30. The van der Waals surface area contributed by atoms with E-state index in [1.54, 1.807) is 0 Å². The Bertz CT molecular complexity index is 434. The highest BCUT2D eigenvalue weighted by Gasteiger charge is 2.40. The molecule has 1 aromatic carbocycles. The van der Waals surface area contributed by atoms with Gasteiger partial charge in [-0.1, -0.05) is 35.7 Å². The van der Waals surface area contributed by atoms with E-state index in [1.807, 2.05) is 0 Å². The number of fused-ring (bicyclic) bond motifs is 2. The van der Waals surface area contributed by atoms with Crippen LogP contribution in [0.25, 0.3) is 0 Å². The Morgan fingerprint density at radius 1 is 1.16 bits per heavy atom. The third-order valence-electron chi connectivity index (χ3n) is 5.27. The van der Waals surface area contributed by atoms with Gasteiger partial charge in [-0.25, -0.2) is 0 Å². The zero-order valence-electron chi connectivity index (χ0n) is 12.2. The maximum atomic E-state index is 5.83. The molecule has 0 heterocycles. The number of nitrogens with one attached hydrogen (secondary N) is 1. The number of hydrogen-bond acceptors (Lipinski definition) is 2. The maximum absolute atomic E-state index is 5.83. The average Bonchev–Trinajstić information content (AvgIpc) is 2.96. The SMILES string of the molecule is Cc1cc(C)cc(C(CC2CC3CCC2C3)NN)c1. The highest BCUT2D eigenvalue weighted by Crippen LogP contribution is 2.50. The minimum absolute atomic E-state index is 0.322. The van der Waals surface area contributed by atoms with Crippen LogP contribution in [0.5, 0.6) is 0 Å². The van der Waals surface area contributed by atoms with Gasteiger partial charge in [0.05, 0.1) is 0 Å². The lowest BCUT2D eigenvalue weighted by Gasteiger charge is -2.27. The van der Waals surface area contributed by atoms with Gasteiger partial charge in [-0.15, -0.1) is 0 Å². The molecule has 2 aliphatic rings. The van der Waals surface area contributed by atoms with Crippen LogP contribution in [0, 0.1) is 31.6 Å². The molecule has 2 saturated carbocycles. The van der Waals surface area contributed by atoms with Crippen LogP contribution in [0.2, 0.25) is 0 Å². The first-order valence-electron chi connectivity index (χ1n) is 7.70. The molecule has 0 spiro atoms. The fourth-order valence-electron chi connectivity index (χ4n) is 4.48. The van der Waals surface area contributed by atoms with Crippen LogP contribution < -0.4 is 11.3 Å². The maximum Gasteiger partial charge on any atom is 0.0462 e. The molecule has 2 aliphatic carbocycles. The van der Waals surface area contributed by atoms with Crippen molar-refractivity contribution in [3.63, 3.8) is 0 Å². The van der Waals surface area contributed by atoms with Crippen molar-refractivity contribution in [2.24, 2.45) is 23.6 Å². The molecule has 0 aliphatic heterocycles. The van der Waals surface area contributed by atoms with Gasteiger partial charge in [0.15, 0.2) is 0 Å². The van der Waals surface area contributed by atoms with Gasteiger partial charge in [0, 0.05) is 6.04 Å². The molecule has 2 fully saturated rings. The van der Waals surface area contributed by atoms with Crippen LogP contribution in [0.15, 0.2) is 18.2 Å². The van der Waals surface area contributed by atoms with E-state index in [4.69, 9.17) is 5.84 Å². The molecule has 19 heavy (non-hydrogen) atoms. The molecule has 1 aromatic rings. The third-order valence-corrected chi connectivity index (χ3v) is 5.27. The van der Waals surface area contributed by atoms with Crippen LogP contribution in [-0.4, -0.2) is 0 Å². The van der Waals surface area contributed by atoms with Crippen LogP contribution in [-0.2, 0) is 0 Å². The first-order chi connectivity index (χ1) is 9.15. The number of benzene rings is 1. The van der Waals surface area contributed by atoms with E-state index in [9.17, 15) is 0 Å². The summed E-state index contributed by atoms with van der Waals surface area (Å²) in [6, 6.07) is 7.12. The van der Waals surface area contributed by atoms with Crippen molar-refractivity contribution in [3.05, 3.63) is 34.9 Å². The first-order valence-corrected chi connectivity index (χ1v) is 7.70. The summed E-state index contributed by atoms with van der Waals surface area (Å²) < 4.78 is 0. The third kappa shape index (κ3) is 2.70. The normalized spacial score (nSPS) is 30.8. The van der Waals surface area contributed by atoms with Crippen molar-refractivity contribution >= 4 is 0 Å². The Balaban J connectivity index is 1.73. The van der Waals surface area contributed by atoms with Gasteiger partial charge in [0.25, 0.3) is 0 Å². The zero-order chi connectivity index (χ0) is 13.4. The summed E-state index contributed by atoms with van der Waals surface area (Å²) in [6.07, 6.45) is 7.06. The molecule has 0 radical (unpaired) electrons. The Kier molecular flexibility index (Phi) is 3.64. The number of nitrogens with two attached hydrogens (primary N) is 1. The van der Waals surface area contributed by atoms with E-state index in [2.05, 4.69) is 37.5 Å². The summed E-state index contributed by atoms with van der Waals surface area (Å²) in [4.78, 5) is 0. The largest absolute Gasteiger partial charge is 0.271 e. The molecule has 0 amide bonds. The summed E-state index contributed by atoms with van der Waals surface area (Å²) >= 11 is 0. The van der Waals surface area contributed by atoms with Crippen molar-refractivity contribution in [1.82, 2.24) is 5.43 Å².